The van der Waals surface area contributed by atoms with Crippen molar-refractivity contribution in [3.05, 3.63) is 11.6 Å². The monoisotopic (exact) mass is 138 g/mol. The van der Waals surface area contributed by atoms with Gasteiger partial charge in [0.25, 0.3) is 0 Å². The van der Waals surface area contributed by atoms with Crippen LogP contribution in [0.3, 0.4) is 0 Å². The predicted molar refractivity (Wildman–Crippen MR) is 39.9 cm³/mol. The van der Waals surface area contributed by atoms with Gasteiger partial charge in [-0.3, -0.25) is 4.79 Å². The van der Waals surface area contributed by atoms with Crippen LogP contribution in [0, 0.1) is 0 Å². The number of nitrogens with zero attached hydrogens (tertiary/aromatic N) is 1. The predicted octanol–water partition coefficient (Wildman–Crippen LogP) is 0.481. The Morgan fingerprint density at radius 1 is 1.90 bits per heavy atom. The van der Waals surface area contributed by atoms with E-state index in [0.29, 0.717) is 13.0 Å². The lowest BCUT2D eigenvalue weighted by Crippen LogP contribution is -2.15. The van der Waals surface area contributed by atoms with Crippen molar-refractivity contribution < 1.29 is 4.79 Å². The lowest BCUT2D eigenvalue weighted by atomic mass is 10.1. The van der Waals surface area contributed by atoms with Gasteiger partial charge in [-0.2, -0.15) is 5.10 Å². The molecule has 0 aromatic carbocycles. The van der Waals surface area contributed by atoms with Gasteiger partial charge in [0, 0.05) is 12.0 Å². The first-order valence-corrected chi connectivity index (χ1v) is 3.34. The van der Waals surface area contributed by atoms with E-state index in [9.17, 15) is 4.79 Å². The molecule has 1 rings (SSSR count). The molecule has 0 aromatic rings. The van der Waals surface area contributed by atoms with Crippen LogP contribution in [0.4, 0.5) is 0 Å². The third-order valence-electron chi connectivity index (χ3n) is 1.35. The van der Waals surface area contributed by atoms with Gasteiger partial charge in [-0.25, -0.2) is 0 Å². The molecule has 0 bridgehead atoms. The number of carbonyl (C=O) groups is 1. The van der Waals surface area contributed by atoms with E-state index in [0.717, 1.165) is 5.57 Å². The molecule has 10 heavy (non-hydrogen) atoms. The maximum atomic E-state index is 11.0. The number of hydrogen-bond acceptors (Lipinski definition) is 3. The smallest absolute Gasteiger partial charge is 0.163 e. The SMILES string of the molecule is CCC(=O)C1=CCNN=C1. The fraction of sp³-hybridized carbons (Fsp3) is 0.429. The van der Waals surface area contributed by atoms with Crippen LogP contribution >= 0.6 is 0 Å². The van der Waals surface area contributed by atoms with Crippen molar-refractivity contribution in [2.24, 2.45) is 5.10 Å². The van der Waals surface area contributed by atoms with Crippen LogP contribution in [0.25, 0.3) is 0 Å². The molecular formula is C7H10N2O. The van der Waals surface area contributed by atoms with Gasteiger partial charge < -0.3 is 5.43 Å². The van der Waals surface area contributed by atoms with E-state index in [1.807, 2.05) is 13.0 Å². The molecule has 1 aliphatic rings. The first kappa shape index (κ1) is 6.99. The normalized spacial score (nSPS) is 15.9. The van der Waals surface area contributed by atoms with Crippen molar-refractivity contribution in [1.29, 1.82) is 0 Å². The molecule has 0 aliphatic carbocycles. The lowest BCUT2D eigenvalue weighted by molar-refractivity contribution is -0.114. The van der Waals surface area contributed by atoms with Crippen LogP contribution in [0.15, 0.2) is 16.8 Å². The third kappa shape index (κ3) is 1.43. The summed E-state index contributed by atoms with van der Waals surface area (Å²) in [6, 6.07) is 0. The van der Waals surface area contributed by atoms with Crippen molar-refractivity contribution in [1.82, 2.24) is 5.43 Å². The average molecular weight is 138 g/mol. The Bertz CT molecular complexity index is 194. The number of hydrogen-bond donors (Lipinski definition) is 1. The van der Waals surface area contributed by atoms with Crippen LogP contribution < -0.4 is 5.43 Å². The van der Waals surface area contributed by atoms with E-state index in [1.165, 1.54) is 0 Å². The Hall–Kier alpha value is -1.12. The molecule has 3 heteroatoms. The maximum absolute atomic E-state index is 11.0. The summed E-state index contributed by atoms with van der Waals surface area (Å²) in [6.45, 7) is 2.51. The van der Waals surface area contributed by atoms with Gasteiger partial charge in [0.1, 0.15) is 0 Å². The highest BCUT2D eigenvalue weighted by Gasteiger charge is 2.04. The van der Waals surface area contributed by atoms with Crippen molar-refractivity contribution in [2.75, 3.05) is 6.54 Å². The topological polar surface area (TPSA) is 41.5 Å². The van der Waals surface area contributed by atoms with Crippen molar-refractivity contribution >= 4 is 12.0 Å². The van der Waals surface area contributed by atoms with Crippen molar-refractivity contribution in [3.63, 3.8) is 0 Å². The van der Waals surface area contributed by atoms with Gasteiger partial charge in [0.2, 0.25) is 0 Å². The standard InChI is InChI=1S/C7H10N2O/c1-2-7(10)6-3-4-8-9-5-6/h3,5,8H,2,4H2,1H3. The molecule has 3 nitrogen and oxygen atoms in total. The molecule has 0 aromatic heterocycles. The van der Waals surface area contributed by atoms with E-state index in [-0.39, 0.29) is 5.78 Å². The number of nitrogens with one attached hydrogen (secondary N) is 1. The molecule has 0 amide bonds. The van der Waals surface area contributed by atoms with Crippen molar-refractivity contribution in [2.45, 2.75) is 13.3 Å². The van der Waals surface area contributed by atoms with E-state index in [2.05, 4.69) is 10.5 Å². The minimum atomic E-state index is 0.158. The van der Waals surface area contributed by atoms with Crippen LogP contribution in [-0.4, -0.2) is 18.5 Å². The number of hydrazone groups is 1. The second-order valence-corrected chi connectivity index (χ2v) is 2.06. The van der Waals surface area contributed by atoms with E-state index >= 15 is 0 Å². The molecule has 0 saturated heterocycles. The largest absolute Gasteiger partial charge is 0.306 e. The molecule has 0 radical (unpaired) electrons. The Balaban J connectivity index is 2.63. The summed E-state index contributed by atoms with van der Waals surface area (Å²) in [4.78, 5) is 11.0. The fourth-order valence-corrected chi connectivity index (χ4v) is 0.766. The van der Waals surface area contributed by atoms with Gasteiger partial charge in [-0.1, -0.05) is 13.0 Å². The summed E-state index contributed by atoms with van der Waals surface area (Å²) in [5.41, 5.74) is 3.46. The maximum Gasteiger partial charge on any atom is 0.163 e. The van der Waals surface area contributed by atoms with Gasteiger partial charge in [-0.05, 0) is 0 Å². The van der Waals surface area contributed by atoms with Crippen LogP contribution in [0.5, 0.6) is 0 Å². The molecule has 54 valence electrons. The third-order valence-corrected chi connectivity index (χ3v) is 1.35. The summed E-state index contributed by atoms with van der Waals surface area (Å²) < 4.78 is 0. The molecule has 1 aliphatic heterocycles. The van der Waals surface area contributed by atoms with E-state index in [4.69, 9.17) is 0 Å². The number of allylic oxidation sites excluding steroid dienone is 1. The highest BCUT2D eigenvalue weighted by molar-refractivity contribution is 6.13. The second-order valence-electron chi connectivity index (χ2n) is 2.06. The minimum Gasteiger partial charge on any atom is -0.306 e. The number of rotatable bonds is 2. The Morgan fingerprint density at radius 2 is 2.70 bits per heavy atom. The van der Waals surface area contributed by atoms with E-state index < -0.39 is 0 Å². The molecule has 0 spiro atoms. The van der Waals surface area contributed by atoms with Gasteiger partial charge >= 0.3 is 0 Å². The zero-order valence-corrected chi connectivity index (χ0v) is 5.92. The number of carbonyl (C=O) groups excluding carboxylic acids is 1. The van der Waals surface area contributed by atoms with Gasteiger partial charge in [0.15, 0.2) is 5.78 Å². The quantitative estimate of drug-likeness (QED) is 0.603. The summed E-state index contributed by atoms with van der Waals surface area (Å²) >= 11 is 0. The minimum absolute atomic E-state index is 0.158. The molecular weight excluding hydrogens is 128 g/mol. The highest BCUT2D eigenvalue weighted by atomic mass is 16.1. The Labute approximate surface area is 59.8 Å². The van der Waals surface area contributed by atoms with Crippen LogP contribution in [0.2, 0.25) is 0 Å². The molecule has 1 N–H and O–H groups in total. The molecule has 0 unspecified atom stereocenters. The highest BCUT2D eigenvalue weighted by Crippen LogP contribution is 1.98. The average Bonchev–Trinajstić information content (AvgIpc) is 2.05. The summed E-state index contributed by atoms with van der Waals surface area (Å²) in [5.74, 6) is 0.158. The second kappa shape index (κ2) is 3.15. The Kier molecular flexibility index (Phi) is 2.20. The van der Waals surface area contributed by atoms with Crippen LogP contribution in [0.1, 0.15) is 13.3 Å². The molecule has 0 atom stereocenters. The van der Waals surface area contributed by atoms with Gasteiger partial charge in [-0.15, -0.1) is 0 Å². The molecule has 0 fully saturated rings. The number of ketones is 1. The first-order valence-electron chi connectivity index (χ1n) is 3.34. The zero-order chi connectivity index (χ0) is 7.40. The first-order chi connectivity index (χ1) is 4.84. The van der Waals surface area contributed by atoms with E-state index in [1.54, 1.807) is 6.21 Å². The molecule has 0 saturated carbocycles. The zero-order valence-electron chi connectivity index (χ0n) is 5.92. The summed E-state index contributed by atoms with van der Waals surface area (Å²) in [7, 11) is 0. The van der Waals surface area contributed by atoms with Gasteiger partial charge in [0.05, 0.1) is 12.8 Å². The summed E-state index contributed by atoms with van der Waals surface area (Å²) in [5, 5.41) is 3.76. The van der Waals surface area contributed by atoms with Crippen LogP contribution in [-0.2, 0) is 4.79 Å². The fourth-order valence-electron chi connectivity index (χ4n) is 0.766. The number of Topliss-reactive ketones (excluding diaryl/α,β-unsaturated/α-hetero) is 1. The molecule has 1 heterocycles. The lowest BCUT2D eigenvalue weighted by Gasteiger charge is -2.03. The van der Waals surface area contributed by atoms with Crippen molar-refractivity contribution in [3.8, 4) is 0 Å². The summed E-state index contributed by atoms with van der Waals surface area (Å²) in [6.07, 6.45) is 3.96. The Morgan fingerprint density at radius 3 is 3.20 bits per heavy atom.